The smallest absolute Gasteiger partial charge is 0.162 e. The molecule has 1 rings (SSSR count). The topological polar surface area (TPSA) is 17.1 Å². The van der Waals surface area contributed by atoms with Gasteiger partial charge in [0.25, 0.3) is 0 Å². The molecule has 0 aromatic heterocycles. The first-order valence-electron chi connectivity index (χ1n) is 6.15. The Balaban J connectivity index is 2.74. The number of alkyl halides is 1. The molecule has 1 nitrogen and oxygen atoms in total. The van der Waals surface area contributed by atoms with Gasteiger partial charge in [0.15, 0.2) is 5.78 Å². The summed E-state index contributed by atoms with van der Waals surface area (Å²) in [4.78, 5) is 12.0. The zero-order chi connectivity index (χ0) is 12.9. The molecule has 0 N–H and O–H groups in total. The van der Waals surface area contributed by atoms with E-state index >= 15 is 0 Å². The van der Waals surface area contributed by atoms with Crippen molar-refractivity contribution in [3.63, 3.8) is 0 Å². The Bertz CT molecular complexity index is 377. The summed E-state index contributed by atoms with van der Waals surface area (Å²) in [5.74, 6) is 0.261. The second kappa shape index (κ2) is 6.34. The molecule has 0 unspecified atom stereocenters. The van der Waals surface area contributed by atoms with Crippen molar-refractivity contribution in [2.45, 2.75) is 45.4 Å². The zero-order valence-electron chi connectivity index (χ0n) is 10.9. The molecule has 0 fully saturated rings. The molecule has 0 heterocycles. The summed E-state index contributed by atoms with van der Waals surface area (Å²) in [6, 6.07) is 8.04. The fourth-order valence-electron chi connectivity index (χ4n) is 1.68. The fourth-order valence-corrected chi connectivity index (χ4v) is 2.08. The number of carbonyl (C=O) groups excluding carboxylic acids is 1. The molecule has 1 aromatic rings. The van der Waals surface area contributed by atoms with E-state index in [0.717, 1.165) is 23.7 Å². The number of Topliss-reactive ketones (excluding diaryl/α,β-unsaturated/α-hetero) is 1. The SMILES string of the molecule is CC(C)(C)c1cccc(C(=O)CCCCBr)c1. The number of halogens is 1. The van der Waals surface area contributed by atoms with Crippen LogP contribution in [0.4, 0.5) is 0 Å². The van der Waals surface area contributed by atoms with E-state index in [4.69, 9.17) is 0 Å². The maximum absolute atomic E-state index is 12.0. The second-order valence-electron chi connectivity index (χ2n) is 5.40. The van der Waals surface area contributed by atoms with Gasteiger partial charge < -0.3 is 0 Å². The summed E-state index contributed by atoms with van der Waals surface area (Å²) in [6.45, 7) is 6.50. The minimum Gasteiger partial charge on any atom is -0.294 e. The lowest BCUT2D eigenvalue weighted by atomic mass is 9.85. The van der Waals surface area contributed by atoms with Crippen LogP contribution in [0.3, 0.4) is 0 Å². The first kappa shape index (κ1) is 14.4. The van der Waals surface area contributed by atoms with Gasteiger partial charge in [-0.25, -0.2) is 0 Å². The molecule has 0 aliphatic carbocycles. The number of hydrogen-bond donors (Lipinski definition) is 0. The molecule has 2 heteroatoms. The van der Waals surface area contributed by atoms with Crippen LogP contribution in [0.25, 0.3) is 0 Å². The predicted molar refractivity (Wildman–Crippen MR) is 77.1 cm³/mol. The van der Waals surface area contributed by atoms with E-state index in [1.807, 2.05) is 18.2 Å². The molecule has 0 spiro atoms. The average molecular weight is 297 g/mol. The first-order valence-corrected chi connectivity index (χ1v) is 7.27. The second-order valence-corrected chi connectivity index (χ2v) is 6.19. The van der Waals surface area contributed by atoms with Gasteiger partial charge in [-0.15, -0.1) is 0 Å². The fraction of sp³-hybridized carbons (Fsp3) is 0.533. The quantitative estimate of drug-likeness (QED) is 0.436. The maximum atomic E-state index is 12.0. The number of hydrogen-bond acceptors (Lipinski definition) is 1. The molecule has 0 bridgehead atoms. The van der Waals surface area contributed by atoms with Crippen LogP contribution in [0.5, 0.6) is 0 Å². The third-order valence-corrected chi connectivity index (χ3v) is 3.40. The van der Waals surface area contributed by atoms with Crippen LogP contribution in [0, 0.1) is 0 Å². The lowest BCUT2D eigenvalue weighted by Gasteiger charge is -2.19. The van der Waals surface area contributed by atoms with Crippen LogP contribution in [-0.2, 0) is 5.41 Å². The summed E-state index contributed by atoms with van der Waals surface area (Å²) >= 11 is 3.38. The average Bonchev–Trinajstić information content (AvgIpc) is 2.28. The minimum atomic E-state index is 0.103. The Labute approximate surface area is 113 Å². The normalized spacial score (nSPS) is 11.5. The van der Waals surface area contributed by atoms with Gasteiger partial charge in [-0.3, -0.25) is 4.79 Å². The van der Waals surface area contributed by atoms with Gasteiger partial charge in [0.2, 0.25) is 0 Å². The van der Waals surface area contributed by atoms with E-state index in [9.17, 15) is 4.79 Å². The molecular formula is C15H21BrO. The van der Waals surface area contributed by atoms with Crippen LogP contribution in [0.15, 0.2) is 24.3 Å². The number of ketones is 1. The Morgan fingerprint density at radius 1 is 1.24 bits per heavy atom. The monoisotopic (exact) mass is 296 g/mol. The number of unbranched alkanes of at least 4 members (excludes halogenated alkanes) is 1. The highest BCUT2D eigenvalue weighted by molar-refractivity contribution is 9.09. The van der Waals surface area contributed by atoms with Gasteiger partial charge in [-0.2, -0.15) is 0 Å². The number of benzene rings is 1. The van der Waals surface area contributed by atoms with Crippen molar-refractivity contribution < 1.29 is 4.79 Å². The first-order chi connectivity index (χ1) is 7.95. The van der Waals surface area contributed by atoms with Crippen molar-refractivity contribution in [3.05, 3.63) is 35.4 Å². The Hall–Kier alpha value is -0.630. The van der Waals surface area contributed by atoms with Gasteiger partial charge in [0.1, 0.15) is 0 Å². The van der Waals surface area contributed by atoms with Crippen LogP contribution in [0.1, 0.15) is 56.0 Å². The third kappa shape index (κ3) is 4.63. The standard InChI is InChI=1S/C15H21BrO/c1-15(2,3)13-8-6-7-12(11-13)14(17)9-4-5-10-16/h6-8,11H,4-5,9-10H2,1-3H3. The molecule has 1 aromatic carbocycles. The minimum absolute atomic E-state index is 0.103. The highest BCUT2D eigenvalue weighted by Gasteiger charge is 2.15. The molecule has 0 radical (unpaired) electrons. The van der Waals surface area contributed by atoms with Gasteiger partial charge >= 0.3 is 0 Å². The Morgan fingerprint density at radius 3 is 2.53 bits per heavy atom. The summed E-state index contributed by atoms with van der Waals surface area (Å²) < 4.78 is 0. The molecule has 0 atom stereocenters. The van der Waals surface area contributed by atoms with Crippen molar-refractivity contribution in [2.75, 3.05) is 5.33 Å². The Morgan fingerprint density at radius 2 is 1.94 bits per heavy atom. The van der Waals surface area contributed by atoms with Gasteiger partial charge in [0.05, 0.1) is 0 Å². The van der Waals surface area contributed by atoms with E-state index in [1.165, 1.54) is 5.56 Å². The number of rotatable bonds is 5. The van der Waals surface area contributed by atoms with Crippen LogP contribution in [0.2, 0.25) is 0 Å². The number of carbonyl (C=O) groups is 1. The Kier molecular flexibility index (Phi) is 5.38. The van der Waals surface area contributed by atoms with E-state index in [1.54, 1.807) is 0 Å². The van der Waals surface area contributed by atoms with E-state index in [-0.39, 0.29) is 11.2 Å². The van der Waals surface area contributed by atoms with Gasteiger partial charge in [-0.05, 0) is 29.9 Å². The van der Waals surface area contributed by atoms with Crippen LogP contribution < -0.4 is 0 Å². The molecule has 0 aliphatic heterocycles. The zero-order valence-corrected chi connectivity index (χ0v) is 12.5. The third-order valence-electron chi connectivity index (χ3n) is 2.84. The highest BCUT2D eigenvalue weighted by Crippen LogP contribution is 2.23. The van der Waals surface area contributed by atoms with Crippen molar-refractivity contribution in [1.82, 2.24) is 0 Å². The molecule has 0 amide bonds. The molecule has 0 aliphatic rings. The van der Waals surface area contributed by atoms with Gasteiger partial charge in [0, 0.05) is 17.3 Å². The van der Waals surface area contributed by atoms with Crippen molar-refractivity contribution >= 4 is 21.7 Å². The summed E-state index contributed by atoms with van der Waals surface area (Å²) in [6.07, 6.45) is 2.67. The van der Waals surface area contributed by atoms with Crippen molar-refractivity contribution in [2.24, 2.45) is 0 Å². The maximum Gasteiger partial charge on any atom is 0.162 e. The lowest BCUT2D eigenvalue weighted by molar-refractivity contribution is 0.0980. The van der Waals surface area contributed by atoms with Crippen molar-refractivity contribution in [1.29, 1.82) is 0 Å². The molecule has 94 valence electrons. The van der Waals surface area contributed by atoms with Crippen LogP contribution >= 0.6 is 15.9 Å². The lowest BCUT2D eigenvalue weighted by Crippen LogP contribution is -2.12. The van der Waals surface area contributed by atoms with Crippen LogP contribution in [-0.4, -0.2) is 11.1 Å². The molecule has 0 saturated carbocycles. The molecule has 0 saturated heterocycles. The summed E-state index contributed by atoms with van der Waals surface area (Å²) in [5, 5.41) is 0.975. The van der Waals surface area contributed by atoms with E-state index < -0.39 is 0 Å². The molecule has 17 heavy (non-hydrogen) atoms. The summed E-state index contributed by atoms with van der Waals surface area (Å²) in [5.41, 5.74) is 2.18. The van der Waals surface area contributed by atoms with Gasteiger partial charge in [-0.1, -0.05) is 54.9 Å². The summed E-state index contributed by atoms with van der Waals surface area (Å²) in [7, 11) is 0. The molecular weight excluding hydrogens is 276 g/mol. The van der Waals surface area contributed by atoms with E-state index in [0.29, 0.717) is 6.42 Å². The predicted octanol–water partition coefficient (Wildman–Crippen LogP) is 4.73. The largest absolute Gasteiger partial charge is 0.294 e. The van der Waals surface area contributed by atoms with Crippen molar-refractivity contribution in [3.8, 4) is 0 Å². The van der Waals surface area contributed by atoms with E-state index in [2.05, 4.69) is 42.8 Å². The highest BCUT2D eigenvalue weighted by atomic mass is 79.9.